The summed E-state index contributed by atoms with van der Waals surface area (Å²) in [7, 11) is -4.06. The second-order valence-corrected chi connectivity index (χ2v) is 9.81. The summed E-state index contributed by atoms with van der Waals surface area (Å²) < 4.78 is 40.2. The van der Waals surface area contributed by atoms with Gasteiger partial charge in [-0.05, 0) is 43.7 Å². The lowest BCUT2D eigenvalue weighted by atomic mass is 10.1. The van der Waals surface area contributed by atoms with Crippen LogP contribution in [0.15, 0.2) is 41.3 Å². The fourth-order valence-electron chi connectivity index (χ4n) is 3.17. The predicted molar refractivity (Wildman–Crippen MR) is 112 cm³/mol. The number of benzene rings is 2. The second kappa shape index (κ2) is 8.33. The minimum atomic E-state index is -4.06. The molecule has 2 aromatic carbocycles. The van der Waals surface area contributed by atoms with E-state index in [2.05, 4.69) is 5.32 Å². The summed E-state index contributed by atoms with van der Waals surface area (Å²) in [6, 6.07) is 6.88. The van der Waals surface area contributed by atoms with Crippen LogP contribution in [0.1, 0.15) is 29.8 Å². The first-order chi connectivity index (χ1) is 14.0. The Morgan fingerprint density at radius 2 is 1.93 bits per heavy atom. The number of anilines is 1. The Bertz CT molecular complexity index is 1100. The van der Waals surface area contributed by atoms with Gasteiger partial charge in [-0.15, -0.1) is 0 Å². The standard InChI is InChI=1S/C20H21ClFN3O4S/c1-11(2)24-19(26)14-7-17-18(8-15(14)22)30(28,29)10-16(23)20(27)25(17)9-12-3-5-13(21)6-4-12/h3-8,11,16H,9-10,23H2,1-2H3,(H,24,26)/t16-/m0/s1. The summed E-state index contributed by atoms with van der Waals surface area (Å²) in [6.07, 6.45) is 0. The van der Waals surface area contributed by atoms with Gasteiger partial charge in [-0.3, -0.25) is 9.59 Å². The van der Waals surface area contributed by atoms with Gasteiger partial charge in [0.15, 0.2) is 9.84 Å². The molecular weight excluding hydrogens is 433 g/mol. The van der Waals surface area contributed by atoms with Crippen LogP contribution >= 0.6 is 11.6 Å². The van der Waals surface area contributed by atoms with Gasteiger partial charge in [-0.25, -0.2) is 12.8 Å². The van der Waals surface area contributed by atoms with E-state index >= 15 is 0 Å². The number of hydrogen-bond acceptors (Lipinski definition) is 5. The number of carbonyl (C=O) groups excluding carboxylic acids is 2. The number of hydrogen-bond donors (Lipinski definition) is 2. The average Bonchev–Trinajstić information content (AvgIpc) is 2.71. The number of fused-ring (bicyclic) bond motifs is 1. The maximum Gasteiger partial charge on any atom is 0.254 e. The number of carbonyl (C=O) groups is 2. The molecule has 2 amide bonds. The number of nitrogens with two attached hydrogens (primary N) is 1. The minimum Gasteiger partial charge on any atom is -0.350 e. The lowest BCUT2D eigenvalue weighted by Crippen LogP contribution is -2.45. The molecule has 2 aromatic rings. The van der Waals surface area contributed by atoms with E-state index in [1.807, 2.05) is 0 Å². The normalized spacial score (nSPS) is 18.1. The number of nitrogens with zero attached hydrogens (tertiary/aromatic N) is 1. The van der Waals surface area contributed by atoms with Crippen LogP contribution in [-0.2, 0) is 21.2 Å². The van der Waals surface area contributed by atoms with Crippen molar-refractivity contribution in [3.63, 3.8) is 0 Å². The minimum absolute atomic E-state index is 0.0247. The van der Waals surface area contributed by atoms with Gasteiger partial charge in [0.05, 0.1) is 34.5 Å². The van der Waals surface area contributed by atoms with Gasteiger partial charge in [-0.2, -0.15) is 0 Å². The zero-order valence-electron chi connectivity index (χ0n) is 16.4. The molecule has 1 heterocycles. The van der Waals surface area contributed by atoms with Crippen molar-refractivity contribution in [1.82, 2.24) is 5.32 Å². The van der Waals surface area contributed by atoms with Crippen molar-refractivity contribution in [1.29, 1.82) is 0 Å². The Morgan fingerprint density at radius 3 is 2.53 bits per heavy atom. The molecule has 7 nitrogen and oxygen atoms in total. The van der Waals surface area contributed by atoms with Crippen molar-refractivity contribution in [2.75, 3.05) is 10.7 Å². The van der Waals surface area contributed by atoms with E-state index in [9.17, 15) is 22.4 Å². The molecule has 3 N–H and O–H groups in total. The molecule has 0 radical (unpaired) electrons. The fourth-order valence-corrected chi connectivity index (χ4v) is 4.86. The molecule has 160 valence electrons. The molecule has 0 spiro atoms. The van der Waals surface area contributed by atoms with Gasteiger partial charge in [0.1, 0.15) is 5.82 Å². The van der Waals surface area contributed by atoms with Crippen LogP contribution in [0.25, 0.3) is 0 Å². The first-order valence-corrected chi connectivity index (χ1v) is 11.2. The predicted octanol–water partition coefficient (Wildman–Crippen LogP) is 2.27. The van der Waals surface area contributed by atoms with Crippen molar-refractivity contribution in [2.24, 2.45) is 5.73 Å². The lowest BCUT2D eigenvalue weighted by molar-refractivity contribution is -0.119. The summed E-state index contributed by atoms with van der Waals surface area (Å²) in [5.74, 6) is -3.01. The zero-order valence-corrected chi connectivity index (χ0v) is 17.9. The lowest BCUT2D eigenvalue weighted by Gasteiger charge is -2.25. The molecule has 1 aliphatic rings. The Balaban J connectivity index is 2.18. The van der Waals surface area contributed by atoms with E-state index in [-0.39, 0.29) is 28.7 Å². The van der Waals surface area contributed by atoms with Crippen LogP contribution in [0.3, 0.4) is 0 Å². The molecule has 10 heteroatoms. The molecule has 0 aliphatic carbocycles. The topological polar surface area (TPSA) is 110 Å². The number of nitrogens with one attached hydrogen (secondary N) is 1. The van der Waals surface area contributed by atoms with Gasteiger partial charge in [0.25, 0.3) is 5.91 Å². The zero-order chi connectivity index (χ0) is 22.2. The van der Waals surface area contributed by atoms with Crippen molar-refractivity contribution in [2.45, 2.75) is 37.4 Å². The highest BCUT2D eigenvalue weighted by atomic mass is 35.5. The molecule has 1 atom stereocenters. The van der Waals surface area contributed by atoms with E-state index < -0.39 is 39.3 Å². The summed E-state index contributed by atoms with van der Waals surface area (Å²) in [6.45, 7) is 3.39. The maximum atomic E-state index is 14.7. The molecule has 0 aromatic heterocycles. The highest BCUT2D eigenvalue weighted by Gasteiger charge is 2.37. The largest absolute Gasteiger partial charge is 0.350 e. The first-order valence-electron chi connectivity index (χ1n) is 9.18. The van der Waals surface area contributed by atoms with E-state index in [4.69, 9.17) is 17.3 Å². The van der Waals surface area contributed by atoms with E-state index in [1.54, 1.807) is 38.1 Å². The van der Waals surface area contributed by atoms with Gasteiger partial charge in [0, 0.05) is 11.1 Å². The smallest absolute Gasteiger partial charge is 0.254 e. The Labute approximate surface area is 178 Å². The van der Waals surface area contributed by atoms with Crippen molar-refractivity contribution >= 4 is 38.9 Å². The molecule has 0 unspecified atom stereocenters. The fraction of sp³-hybridized carbons (Fsp3) is 0.300. The van der Waals surface area contributed by atoms with Crippen LogP contribution in [0.4, 0.5) is 10.1 Å². The van der Waals surface area contributed by atoms with Crippen LogP contribution in [0, 0.1) is 5.82 Å². The Kier molecular flexibility index (Phi) is 6.16. The summed E-state index contributed by atoms with van der Waals surface area (Å²) in [4.78, 5) is 26.1. The third-order valence-corrected chi connectivity index (χ3v) is 6.62. The average molecular weight is 454 g/mol. The third kappa shape index (κ3) is 4.48. The summed E-state index contributed by atoms with van der Waals surface area (Å²) in [5.41, 5.74) is 6.05. The molecule has 3 rings (SSSR count). The van der Waals surface area contributed by atoms with Crippen molar-refractivity contribution in [3.8, 4) is 0 Å². The highest BCUT2D eigenvalue weighted by molar-refractivity contribution is 7.91. The van der Waals surface area contributed by atoms with Gasteiger partial charge in [-0.1, -0.05) is 23.7 Å². The van der Waals surface area contributed by atoms with E-state index in [0.717, 1.165) is 12.1 Å². The van der Waals surface area contributed by atoms with Gasteiger partial charge < -0.3 is 16.0 Å². The van der Waals surface area contributed by atoms with Crippen LogP contribution < -0.4 is 16.0 Å². The molecule has 1 aliphatic heterocycles. The maximum absolute atomic E-state index is 14.7. The third-order valence-electron chi connectivity index (χ3n) is 4.58. The number of halogens is 2. The number of amides is 2. The van der Waals surface area contributed by atoms with E-state index in [0.29, 0.717) is 10.6 Å². The summed E-state index contributed by atoms with van der Waals surface area (Å²) >= 11 is 5.90. The second-order valence-electron chi connectivity index (χ2n) is 7.37. The van der Waals surface area contributed by atoms with Crippen LogP contribution in [-0.4, -0.2) is 38.1 Å². The number of sulfone groups is 1. The SMILES string of the molecule is CC(C)NC(=O)c1cc2c(cc1F)S(=O)(=O)C[C@H](N)C(=O)N2Cc1ccc(Cl)cc1. The molecule has 30 heavy (non-hydrogen) atoms. The highest BCUT2D eigenvalue weighted by Crippen LogP contribution is 2.34. The van der Waals surface area contributed by atoms with Crippen molar-refractivity contribution < 1.29 is 22.4 Å². The molecular formula is C20H21ClFN3O4S. The summed E-state index contributed by atoms with van der Waals surface area (Å²) in [5, 5.41) is 3.06. The quantitative estimate of drug-likeness (QED) is 0.738. The van der Waals surface area contributed by atoms with Crippen molar-refractivity contribution in [3.05, 3.63) is 58.4 Å². The molecule has 0 bridgehead atoms. The van der Waals surface area contributed by atoms with E-state index in [1.165, 1.54) is 4.90 Å². The first kappa shape index (κ1) is 22.2. The number of rotatable bonds is 4. The Hall–Kier alpha value is -2.49. The molecule has 0 saturated carbocycles. The monoisotopic (exact) mass is 453 g/mol. The molecule has 0 fully saturated rings. The van der Waals surface area contributed by atoms with Crippen LogP contribution in [0.2, 0.25) is 5.02 Å². The van der Waals surface area contributed by atoms with Crippen LogP contribution in [0.5, 0.6) is 0 Å². The van der Waals surface area contributed by atoms with Gasteiger partial charge >= 0.3 is 0 Å². The Morgan fingerprint density at radius 1 is 1.30 bits per heavy atom. The molecule has 0 saturated heterocycles. The van der Waals surface area contributed by atoms with Gasteiger partial charge in [0.2, 0.25) is 5.91 Å².